The first kappa shape index (κ1) is 15.4. The van der Waals surface area contributed by atoms with Gasteiger partial charge in [-0.1, -0.05) is 19.1 Å². The van der Waals surface area contributed by atoms with Gasteiger partial charge in [0.05, 0.1) is 6.54 Å². The van der Waals surface area contributed by atoms with Gasteiger partial charge in [0.2, 0.25) is 11.8 Å². The highest BCUT2D eigenvalue weighted by atomic mass is 16.5. The number of benzene rings is 1. The third-order valence-corrected chi connectivity index (χ3v) is 3.67. The molecule has 0 aliphatic carbocycles. The Balaban J connectivity index is 1.96. The van der Waals surface area contributed by atoms with E-state index in [1.807, 2.05) is 38.1 Å². The van der Waals surface area contributed by atoms with Gasteiger partial charge in [-0.25, -0.2) is 0 Å². The Bertz CT molecular complexity index is 530. The van der Waals surface area contributed by atoms with Gasteiger partial charge < -0.3 is 15.0 Å². The summed E-state index contributed by atoms with van der Waals surface area (Å²) in [6.45, 7) is 6.41. The Hall–Kier alpha value is -2.04. The van der Waals surface area contributed by atoms with E-state index in [2.05, 4.69) is 5.32 Å². The molecule has 5 nitrogen and oxygen atoms in total. The molecule has 0 bridgehead atoms. The second-order valence-corrected chi connectivity index (χ2v) is 5.35. The van der Waals surface area contributed by atoms with E-state index in [9.17, 15) is 9.59 Å². The highest BCUT2D eigenvalue weighted by Gasteiger charge is 2.37. The summed E-state index contributed by atoms with van der Waals surface area (Å²) in [5.41, 5.74) is 1.13. The van der Waals surface area contributed by atoms with Gasteiger partial charge in [0.15, 0.2) is 0 Å². The predicted octanol–water partition coefficient (Wildman–Crippen LogP) is 1.50. The molecule has 0 spiro atoms. The fourth-order valence-corrected chi connectivity index (χ4v) is 2.55. The van der Waals surface area contributed by atoms with E-state index >= 15 is 0 Å². The van der Waals surface area contributed by atoms with Gasteiger partial charge in [-0.05, 0) is 38.0 Å². The largest absolute Gasteiger partial charge is 0.492 e. The molecule has 0 aromatic heterocycles. The molecule has 0 radical (unpaired) electrons. The van der Waals surface area contributed by atoms with E-state index in [1.165, 1.54) is 0 Å². The van der Waals surface area contributed by atoms with E-state index in [1.54, 1.807) is 11.8 Å². The van der Waals surface area contributed by atoms with Crippen LogP contribution in [0.25, 0.3) is 0 Å². The number of piperazine rings is 1. The first-order chi connectivity index (χ1) is 10.0. The van der Waals surface area contributed by atoms with Crippen LogP contribution in [0.4, 0.5) is 0 Å². The van der Waals surface area contributed by atoms with Gasteiger partial charge in [0, 0.05) is 0 Å². The van der Waals surface area contributed by atoms with Crippen molar-refractivity contribution >= 4 is 11.8 Å². The maximum absolute atomic E-state index is 12.2. The van der Waals surface area contributed by atoms with Crippen molar-refractivity contribution in [2.45, 2.75) is 39.3 Å². The van der Waals surface area contributed by atoms with Crippen LogP contribution < -0.4 is 10.1 Å². The van der Waals surface area contributed by atoms with Crippen molar-refractivity contribution in [1.82, 2.24) is 10.2 Å². The molecule has 2 rings (SSSR count). The zero-order chi connectivity index (χ0) is 15.4. The van der Waals surface area contributed by atoms with E-state index in [4.69, 9.17) is 4.74 Å². The van der Waals surface area contributed by atoms with Crippen LogP contribution in [0.3, 0.4) is 0 Å². The Morgan fingerprint density at radius 2 is 2.10 bits per heavy atom. The lowest BCUT2D eigenvalue weighted by Crippen LogP contribution is -2.62. The van der Waals surface area contributed by atoms with E-state index in [0.717, 1.165) is 11.3 Å². The molecule has 114 valence electrons. The predicted molar refractivity (Wildman–Crippen MR) is 80.1 cm³/mol. The minimum Gasteiger partial charge on any atom is -0.492 e. The fourth-order valence-electron chi connectivity index (χ4n) is 2.55. The van der Waals surface area contributed by atoms with E-state index < -0.39 is 12.1 Å². The maximum Gasteiger partial charge on any atom is 0.245 e. The Morgan fingerprint density at radius 1 is 1.33 bits per heavy atom. The third-order valence-electron chi connectivity index (χ3n) is 3.67. The number of nitrogens with one attached hydrogen (secondary N) is 1. The molecule has 0 saturated carbocycles. The number of amides is 2. The summed E-state index contributed by atoms with van der Waals surface area (Å²) in [7, 11) is 0. The fraction of sp³-hybridized carbons (Fsp3) is 0.500. The lowest BCUT2D eigenvalue weighted by molar-refractivity contribution is -0.149. The Morgan fingerprint density at radius 3 is 2.76 bits per heavy atom. The van der Waals surface area contributed by atoms with Crippen molar-refractivity contribution < 1.29 is 14.3 Å². The van der Waals surface area contributed by atoms with Gasteiger partial charge in [-0.2, -0.15) is 0 Å². The molecule has 1 aromatic carbocycles. The van der Waals surface area contributed by atoms with Gasteiger partial charge >= 0.3 is 0 Å². The zero-order valence-corrected chi connectivity index (χ0v) is 12.8. The summed E-state index contributed by atoms with van der Waals surface area (Å²) in [5.74, 6) is 0.652. The number of carbonyl (C=O) groups is 2. The molecule has 1 saturated heterocycles. The van der Waals surface area contributed by atoms with Crippen LogP contribution in [0.5, 0.6) is 5.75 Å². The van der Waals surface area contributed by atoms with Crippen molar-refractivity contribution in [3.63, 3.8) is 0 Å². The topological polar surface area (TPSA) is 58.6 Å². The van der Waals surface area contributed by atoms with E-state index in [0.29, 0.717) is 19.6 Å². The summed E-state index contributed by atoms with van der Waals surface area (Å²) >= 11 is 0. The van der Waals surface area contributed by atoms with E-state index in [-0.39, 0.29) is 11.8 Å². The highest BCUT2D eigenvalue weighted by Crippen LogP contribution is 2.15. The number of rotatable bonds is 5. The Labute approximate surface area is 125 Å². The molecular weight excluding hydrogens is 268 g/mol. The number of ether oxygens (including phenoxy) is 1. The molecule has 21 heavy (non-hydrogen) atoms. The molecule has 5 heteroatoms. The smallest absolute Gasteiger partial charge is 0.245 e. The van der Waals surface area contributed by atoms with Crippen LogP contribution in [0.15, 0.2) is 24.3 Å². The average Bonchev–Trinajstić information content (AvgIpc) is 2.44. The van der Waals surface area contributed by atoms with Crippen LogP contribution >= 0.6 is 0 Å². The Kier molecular flexibility index (Phi) is 4.83. The number of carbonyl (C=O) groups excluding carboxylic acids is 2. The van der Waals surface area contributed by atoms with Crippen molar-refractivity contribution in [3.05, 3.63) is 29.8 Å². The standard InChI is InChI=1S/C16H22N2O3/c1-4-14-15(19)17-12(3)16(20)18(14)8-9-21-13-7-5-6-11(2)10-13/h5-7,10,12,14H,4,8-9H2,1-3H3,(H,17,19). The highest BCUT2D eigenvalue weighted by molar-refractivity contribution is 5.96. The first-order valence-electron chi connectivity index (χ1n) is 7.33. The van der Waals surface area contributed by atoms with Gasteiger partial charge in [-0.3, -0.25) is 9.59 Å². The minimum absolute atomic E-state index is 0.0470. The van der Waals surface area contributed by atoms with Crippen molar-refractivity contribution in [2.24, 2.45) is 0 Å². The molecule has 1 heterocycles. The number of hydrogen-bond donors (Lipinski definition) is 1. The maximum atomic E-state index is 12.2. The molecule has 1 N–H and O–H groups in total. The molecular formula is C16H22N2O3. The third kappa shape index (κ3) is 3.54. The molecule has 2 amide bonds. The SMILES string of the molecule is CCC1C(=O)NC(C)C(=O)N1CCOc1cccc(C)c1. The van der Waals surface area contributed by atoms with Crippen LogP contribution in [0, 0.1) is 6.92 Å². The average molecular weight is 290 g/mol. The quantitative estimate of drug-likeness (QED) is 0.894. The summed E-state index contributed by atoms with van der Waals surface area (Å²) in [6.07, 6.45) is 0.606. The van der Waals surface area contributed by atoms with Gasteiger partial charge in [-0.15, -0.1) is 0 Å². The summed E-state index contributed by atoms with van der Waals surface area (Å²) in [4.78, 5) is 25.7. The first-order valence-corrected chi connectivity index (χ1v) is 7.33. The van der Waals surface area contributed by atoms with Gasteiger partial charge in [0.1, 0.15) is 24.4 Å². The monoisotopic (exact) mass is 290 g/mol. The minimum atomic E-state index is -0.459. The zero-order valence-electron chi connectivity index (χ0n) is 12.8. The summed E-state index contributed by atoms with van der Waals surface area (Å²) in [6, 6.07) is 6.91. The second kappa shape index (κ2) is 6.61. The lowest BCUT2D eigenvalue weighted by Gasteiger charge is -2.37. The molecule has 2 atom stereocenters. The molecule has 1 fully saturated rings. The molecule has 2 unspecified atom stereocenters. The number of aryl methyl sites for hydroxylation is 1. The molecule has 1 aromatic rings. The second-order valence-electron chi connectivity index (χ2n) is 5.35. The van der Waals surface area contributed by atoms with Crippen molar-refractivity contribution in [2.75, 3.05) is 13.2 Å². The van der Waals surface area contributed by atoms with Crippen LogP contribution in [0.1, 0.15) is 25.8 Å². The van der Waals surface area contributed by atoms with Gasteiger partial charge in [0.25, 0.3) is 0 Å². The summed E-state index contributed by atoms with van der Waals surface area (Å²) in [5, 5.41) is 2.70. The van der Waals surface area contributed by atoms with Crippen molar-refractivity contribution in [3.8, 4) is 5.75 Å². The van der Waals surface area contributed by atoms with Crippen LogP contribution in [-0.4, -0.2) is 41.9 Å². The number of nitrogens with zero attached hydrogens (tertiary/aromatic N) is 1. The number of hydrogen-bond acceptors (Lipinski definition) is 3. The van der Waals surface area contributed by atoms with Crippen LogP contribution in [-0.2, 0) is 9.59 Å². The van der Waals surface area contributed by atoms with Crippen molar-refractivity contribution in [1.29, 1.82) is 0 Å². The lowest BCUT2D eigenvalue weighted by atomic mass is 10.1. The normalized spacial score (nSPS) is 22.1. The van der Waals surface area contributed by atoms with Crippen LogP contribution in [0.2, 0.25) is 0 Å². The molecule has 1 aliphatic heterocycles. The summed E-state index contributed by atoms with van der Waals surface area (Å²) < 4.78 is 5.68. The molecule has 1 aliphatic rings.